The van der Waals surface area contributed by atoms with Gasteiger partial charge in [-0.1, -0.05) is 42.0 Å². The highest BCUT2D eigenvalue weighted by Crippen LogP contribution is 2.20. The van der Waals surface area contributed by atoms with E-state index in [0.29, 0.717) is 5.69 Å². The zero-order valence-electron chi connectivity index (χ0n) is 11.8. The number of thioether (sulfide) groups is 1. The fourth-order valence-electron chi connectivity index (χ4n) is 1.95. The van der Waals surface area contributed by atoms with E-state index in [1.807, 2.05) is 36.0 Å². The van der Waals surface area contributed by atoms with Crippen molar-refractivity contribution in [1.29, 1.82) is 0 Å². The minimum absolute atomic E-state index is 0.708. The standard InChI is InChI=1S/C17H21NOS/c1-14-6-4-7-15(12-14)13-20-11-5-10-19-17-9-3-2-8-16(17)18/h2-4,6-9,12H,5,10-11,13,18H2,1H3. The molecule has 0 saturated carbocycles. The number of nitrogen functional groups attached to an aromatic ring is 1. The molecule has 0 atom stereocenters. The molecule has 0 spiro atoms. The van der Waals surface area contributed by atoms with Crippen LogP contribution in [0.2, 0.25) is 0 Å². The molecule has 106 valence electrons. The fourth-order valence-corrected chi connectivity index (χ4v) is 2.83. The van der Waals surface area contributed by atoms with Crippen LogP contribution in [0.3, 0.4) is 0 Å². The number of aryl methyl sites for hydroxylation is 1. The average Bonchev–Trinajstić information content (AvgIpc) is 2.44. The van der Waals surface area contributed by atoms with E-state index in [9.17, 15) is 0 Å². The Hall–Kier alpha value is -1.61. The number of ether oxygens (including phenoxy) is 1. The van der Waals surface area contributed by atoms with Gasteiger partial charge in [0.25, 0.3) is 0 Å². The lowest BCUT2D eigenvalue weighted by Crippen LogP contribution is -2.01. The highest BCUT2D eigenvalue weighted by Gasteiger charge is 1.98. The summed E-state index contributed by atoms with van der Waals surface area (Å²) in [6.45, 7) is 2.85. The molecule has 2 aromatic rings. The molecule has 0 aromatic heterocycles. The van der Waals surface area contributed by atoms with E-state index >= 15 is 0 Å². The Morgan fingerprint density at radius 2 is 1.95 bits per heavy atom. The van der Waals surface area contributed by atoms with Gasteiger partial charge in [-0.25, -0.2) is 0 Å². The molecule has 0 unspecified atom stereocenters. The summed E-state index contributed by atoms with van der Waals surface area (Å²) in [5.41, 5.74) is 9.25. The van der Waals surface area contributed by atoms with Crippen LogP contribution in [0, 0.1) is 6.92 Å². The van der Waals surface area contributed by atoms with Crippen molar-refractivity contribution in [2.45, 2.75) is 19.1 Å². The first-order valence-corrected chi connectivity index (χ1v) is 8.02. The molecule has 2 aromatic carbocycles. The van der Waals surface area contributed by atoms with Crippen LogP contribution < -0.4 is 10.5 Å². The molecule has 0 heterocycles. The predicted octanol–water partition coefficient (Wildman–Crippen LogP) is 4.28. The van der Waals surface area contributed by atoms with Crippen LogP contribution in [-0.4, -0.2) is 12.4 Å². The van der Waals surface area contributed by atoms with E-state index in [2.05, 4.69) is 31.2 Å². The zero-order valence-corrected chi connectivity index (χ0v) is 12.7. The number of para-hydroxylation sites is 2. The molecular weight excluding hydrogens is 266 g/mol. The zero-order chi connectivity index (χ0) is 14.2. The Labute approximate surface area is 125 Å². The largest absolute Gasteiger partial charge is 0.491 e. The molecule has 0 aliphatic carbocycles. The third-order valence-corrected chi connectivity index (χ3v) is 4.08. The van der Waals surface area contributed by atoms with E-state index in [-0.39, 0.29) is 0 Å². The topological polar surface area (TPSA) is 35.2 Å². The number of rotatable bonds is 7. The summed E-state index contributed by atoms with van der Waals surface area (Å²) in [5, 5.41) is 0. The van der Waals surface area contributed by atoms with Crippen molar-refractivity contribution in [1.82, 2.24) is 0 Å². The predicted molar refractivity (Wildman–Crippen MR) is 88.3 cm³/mol. The number of hydrogen-bond acceptors (Lipinski definition) is 3. The average molecular weight is 287 g/mol. The van der Waals surface area contributed by atoms with Crippen LogP contribution in [0.15, 0.2) is 48.5 Å². The van der Waals surface area contributed by atoms with Gasteiger partial charge in [0.2, 0.25) is 0 Å². The summed E-state index contributed by atoms with van der Waals surface area (Å²) in [5.74, 6) is 2.95. The molecule has 0 saturated heterocycles. The Bertz CT molecular complexity index is 542. The Kier molecular flexibility index (Phi) is 5.81. The first kappa shape index (κ1) is 14.8. The van der Waals surface area contributed by atoms with Crippen molar-refractivity contribution in [3.8, 4) is 5.75 Å². The highest BCUT2D eigenvalue weighted by molar-refractivity contribution is 7.98. The van der Waals surface area contributed by atoms with Gasteiger partial charge in [-0.15, -0.1) is 0 Å². The van der Waals surface area contributed by atoms with Crippen molar-refractivity contribution in [3.05, 3.63) is 59.7 Å². The summed E-state index contributed by atoms with van der Waals surface area (Å²) in [6, 6.07) is 16.3. The number of nitrogens with two attached hydrogens (primary N) is 1. The SMILES string of the molecule is Cc1cccc(CSCCCOc2ccccc2N)c1. The van der Waals surface area contributed by atoms with Crippen LogP contribution in [0.5, 0.6) is 5.75 Å². The molecule has 2 nitrogen and oxygen atoms in total. The Balaban J connectivity index is 1.61. The molecule has 0 radical (unpaired) electrons. The third-order valence-electron chi connectivity index (χ3n) is 2.96. The maximum absolute atomic E-state index is 5.82. The smallest absolute Gasteiger partial charge is 0.142 e. The van der Waals surface area contributed by atoms with Crippen LogP contribution in [0.4, 0.5) is 5.69 Å². The van der Waals surface area contributed by atoms with Crippen molar-refractivity contribution in [3.63, 3.8) is 0 Å². The van der Waals surface area contributed by atoms with E-state index in [1.54, 1.807) is 0 Å². The maximum Gasteiger partial charge on any atom is 0.142 e. The molecule has 0 aliphatic rings. The van der Waals surface area contributed by atoms with Gasteiger partial charge < -0.3 is 10.5 Å². The normalized spacial score (nSPS) is 10.4. The van der Waals surface area contributed by atoms with Crippen molar-refractivity contribution < 1.29 is 4.74 Å². The van der Waals surface area contributed by atoms with Gasteiger partial charge in [0.05, 0.1) is 12.3 Å². The van der Waals surface area contributed by atoms with E-state index in [1.165, 1.54) is 11.1 Å². The van der Waals surface area contributed by atoms with Crippen molar-refractivity contribution >= 4 is 17.4 Å². The van der Waals surface area contributed by atoms with Gasteiger partial charge in [-0.05, 0) is 36.8 Å². The summed E-state index contributed by atoms with van der Waals surface area (Å²) in [7, 11) is 0. The number of anilines is 1. The lowest BCUT2D eigenvalue weighted by molar-refractivity contribution is 0.320. The monoisotopic (exact) mass is 287 g/mol. The molecule has 0 bridgehead atoms. The van der Waals surface area contributed by atoms with Gasteiger partial charge in [-0.2, -0.15) is 11.8 Å². The first-order valence-electron chi connectivity index (χ1n) is 6.86. The van der Waals surface area contributed by atoms with Gasteiger partial charge in [0.1, 0.15) is 5.75 Å². The second kappa shape index (κ2) is 7.85. The van der Waals surface area contributed by atoms with Crippen LogP contribution in [0.25, 0.3) is 0 Å². The Morgan fingerprint density at radius 1 is 1.10 bits per heavy atom. The van der Waals surface area contributed by atoms with Gasteiger partial charge in [0, 0.05) is 5.75 Å². The minimum Gasteiger partial charge on any atom is -0.491 e. The molecule has 0 amide bonds. The Morgan fingerprint density at radius 3 is 2.75 bits per heavy atom. The van der Waals surface area contributed by atoms with E-state index in [0.717, 1.165) is 30.3 Å². The molecule has 2 N–H and O–H groups in total. The fraction of sp³-hybridized carbons (Fsp3) is 0.294. The van der Waals surface area contributed by atoms with Gasteiger partial charge >= 0.3 is 0 Å². The summed E-state index contributed by atoms with van der Waals surface area (Å²) >= 11 is 1.94. The first-order chi connectivity index (χ1) is 9.75. The second-order valence-electron chi connectivity index (χ2n) is 4.78. The van der Waals surface area contributed by atoms with Crippen LogP contribution in [-0.2, 0) is 5.75 Å². The summed E-state index contributed by atoms with van der Waals surface area (Å²) in [6.07, 6.45) is 1.03. The third kappa shape index (κ3) is 4.82. The number of benzene rings is 2. The van der Waals surface area contributed by atoms with Crippen LogP contribution >= 0.6 is 11.8 Å². The molecule has 0 fully saturated rings. The molecule has 3 heteroatoms. The molecule has 0 aliphatic heterocycles. The lowest BCUT2D eigenvalue weighted by atomic mass is 10.2. The number of hydrogen-bond donors (Lipinski definition) is 1. The highest BCUT2D eigenvalue weighted by atomic mass is 32.2. The maximum atomic E-state index is 5.82. The molecule has 20 heavy (non-hydrogen) atoms. The minimum atomic E-state index is 0.708. The molecular formula is C17H21NOS. The van der Waals surface area contributed by atoms with Gasteiger partial charge in [0.15, 0.2) is 0 Å². The quantitative estimate of drug-likeness (QED) is 0.610. The summed E-state index contributed by atoms with van der Waals surface area (Å²) < 4.78 is 5.67. The van der Waals surface area contributed by atoms with Gasteiger partial charge in [-0.3, -0.25) is 0 Å². The van der Waals surface area contributed by atoms with Crippen LogP contribution in [0.1, 0.15) is 17.5 Å². The van der Waals surface area contributed by atoms with E-state index < -0.39 is 0 Å². The van der Waals surface area contributed by atoms with Crippen molar-refractivity contribution in [2.24, 2.45) is 0 Å². The van der Waals surface area contributed by atoms with Crippen molar-refractivity contribution in [2.75, 3.05) is 18.1 Å². The molecule has 2 rings (SSSR count). The van der Waals surface area contributed by atoms with E-state index in [4.69, 9.17) is 10.5 Å². The summed E-state index contributed by atoms with van der Waals surface area (Å²) in [4.78, 5) is 0. The second-order valence-corrected chi connectivity index (χ2v) is 5.89. The lowest BCUT2D eigenvalue weighted by Gasteiger charge is -2.08.